The van der Waals surface area contributed by atoms with E-state index in [0.717, 1.165) is 0 Å². The zero-order valence-corrected chi connectivity index (χ0v) is 11.9. The first kappa shape index (κ1) is 12.1. The molecule has 2 aromatic rings. The van der Waals surface area contributed by atoms with Gasteiger partial charge < -0.3 is 0 Å². The van der Waals surface area contributed by atoms with Gasteiger partial charge in [-0.05, 0) is 16.7 Å². The second kappa shape index (κ2) is 6.41. The number of hydrogen-bond donors (Lipinski definition) is 0. The summed E-state index contributed by atoms with van der Waals surface area (Å²) in [5, 5.41) is 0. The summed E-state index contributed by atoms with van der Waals surface area (Å²) in [5.41, 5.74) is 3.69. The number of benzene rings is 2. The van der Waals surface area contributed by atoms with Crippen LogP contribution in [0.3, 0.4) is 0 Å². The van der Waals surface area contributed by atoms with Crippen molar-refractivity contribution in [3.8, 4) is 0 Å². The predicted molar refractivity (Wildman–Crippen MR) is 78.4 cm³/mol. The lowest BCUT2D eigenvalue weighted by Gasteiger charge is -2.17. The Morgan fingerprint density at radius 3 is 1.71 bits per heavy atom. The standard InChI is InChI=1S/C16H20Si/c1-2-13-17-16(14-9-5-3-6-10-14)15-11-7-4-8-12-15/h3-12,16H,2,13,17H2,1H3. The zero-order chi connectivity index (χ0) is 11.9. The third kappa shape index (κ3) is 3.30. The molecule has 0 spiro atoms. The van der Waals surface area contributed by atoms with E-state index in [2.05, 4.69) is 67.6 Å². The Morgan fingerprint density at radius 2 is 1.29 bits per heavy atom. The van der Waals surface area contributed by atoms with Gasteiger partial charge in [-0.3, -0.25) is 0 Å². The third-order valence-corrected chi connectivity index (χ3v) is 5.89. The van der Waals surface area contributed by atoms with Gasteiger partial charge in [0.05, 0.1) is 0 Å². The van der Waals surface area contributed by atoms with Crippen molar-refractivity contribution in [3.63, 3.8) is 0 Å². The molecule has 1 heteroatoms. The molecular weight excluding hydrogens is 220 g/mol. The van der Waals surface area contributed by atoms with Crippen LogP contribution >= 0.6 is 0 Å². The molecule has 0 radical (unpaired) electrons. The summed E-state index contributed by atoms with van der Waals surface area (Å²) < 4.78 is 0. The van der Waals surface area contributed by atoms with E-state index in [4.69, 9.17) is 0 Å². The summed E-state index contributed by atoms with van der Waals surface area (Å²) >= 11 is 0. The summed E-state index contributed by atoms with van der Waals surface area (Å²) in [6.45, 7) is 2.29. The van der Waals surface area contributed by atoms with Crippen molar-refractivity contribution in [2.24, 2.45) is 0 Å². The average molecular weight is 240 g/mol. The van der Waals surface area contributed by atoms with E-state index in [-0.39, 0.29) is 9.52 Å². The Hall–Kier alpha value is -1.34. The van der Waals surface area contributed by atoms with Gasteiger partial charge in [-0.2, -0.15) is 0 Å². The molecule has 0 nitrogen and oxygen atoms in total. The SMILES string of the molecule is CCC[SiH2]C(c1ccccc1)c1ccccc1. The highest BCUT2D eigenvalue weighted by molar-refractivity contribution is 6.39. The fourth-order valence-electron chi connectivity index (χ4n) is 2.30. The number of hydrogen-bond acceptors (Lipinski definition) is 0. The van der Waals surface area contributed by atoms with Crippen molar-refractivity contribution >= 4 is 9.52 Å². The zero-order valence-electron chi connectivity index (χ0n) is 10.5. The van der Waals surface area contributed by atoms with Crippen molar-refractivity contribution in [2.45, 2.75) is 24.9 Å². The fraction of sp³-hybridized carbons (Fsp3) is 0.250. The third-order valence-electron chi connectivity index (χ3n) is 3.25. The lowest BCUT2D eigenvalue weighted by molar-refractivity contribution is 1.03. The van der Waals surface area contributed by atoms with E-state index < -0.39 is 0 Å². The highest BCUT2D eigenvalue weighted by Crippen LogP contribution is 2.24. The fourth-order valence-corrected chi connectivity index (χ4v) is 4.33. The second-order valence-corrected chi connectivity index (χ2v) is 6.62. The smallest absolute Gasteiger partial charge is 0.0342 e. The Morgan fingerprint density at radius 1 is 0.824 bits per heavy atom. The maximum absolute atomic E-state index is 2.29. The highest BCUT2D eigenvalue weighted by atomic mass is 28.2. The van der Waals surface area contributed by atoms with Gasteiger partial charge in [0.25, 0.3) is 0 Å². The molecule has 2 rings (SSSR count). The Balaban J connectivity index is 2.26. The molecule has 0 saturated carbocycles. The predicted octanol–water partition coefficient (Wildman–Crippen LogP) is 3.77. The summed E-state index contributed by atoms with van der Waals surface area (Å²) in [6, 6.07) is 23.4. The van der Waals surface area contributed by atoms with Gasteiger partial charge in [0.1, 0.15) is 0 Å². The first-order chi connectivity index (χ1) is 8.42. The topological polar surface area (TPSA) is 0 Å². The van der Waals surface area contributed by atoms with Crippen LogP contribution in [-0.2, 0) is 0 Å². The summed E-state index contributed by atoms with van der Waals surface area (Å²) in [6.07, 6.45) is 1.32. The minimum atomic E-state index is -0.0713. The second-order valence-electron chi connectivity index (χ2n) is 4.52. The molecule has 0 saturated heterocycles. The Kier molecular flexibility index (Phi) is 4.57. The van der Waals surface area contributed by atoms with Crippen LogP contribution in [0.5, 0.6) is 0 Å². The normalized spacial score (nSPS) is 11.4. The maximum atomic E-state index is 2.29. The average Bonchev–Trinajstić information content (AvgIpc) is 2.42. The molecule has 0 unspecified atom stereocenters. The van der Waals surface area contributed by atoms with Gasteiger partial charge in [-0.1, -0.05) is 80.1 Å². The van der Waals surface area contributed by atoms with E-state index in [0.29, 0.717) is 5.54 Å². The number of rotatable bonds is 5. The molecule has 0 N–H and O–H groups in total. The summed E-state index contributed by atoms with van der Waals surface area (Å²) in [7, 11) is -0.0713. The Bertz CT molecular complexity index is 382. The van der Waals surface area contributed by atoms with E-state index in [1.54, 1.807) is 0 Å². The van der Waals surface area contributed by atoms with Crippen LogP contribution in [0, 0.1) is 0 Å². The van der Waals surface area contributed by atoms with Crippen LogP contribution in [0.1, 0.15) is 30.0 Å². The van der Waals surface area contributed by atoms with E-state index in [1.807, 2.05) is 0 Å². The molecule has 0 atom stereocenters. The summed E-state index contributed by atoms with van der Waals surface area (Å²) in [5.74, 6) is 0. The van der Waals surface area contributed by atoms with E-state index in [1.165, 1.54) is 23.6 Å². The maximum Gasteiger partial charge on any atom is 0.0342 e. The minimum absolute atomic E-state index is 0.0713. The van der Waals surface area contributed by atoms with Crippen LogP contribution in [-0.4, -0.2) is 9.52 Å². The lowest BCUT2D eigenvalue weighted by atomic mass is 10.0. The summed E-state index contributed by atoms with van der Waals surface area (Å²) in [4.78, 5) is 0. The Labute approximate surface area is 107 Å². The van der Waals surface area contributed by atoms with Crippen LogP contribution in [0.15, 0.2) is 60.7 Å². The largest absolute Gasteiger partial charge is 0.0657 e. The molecule has 0 fully saturated rings. The first-order valence-corrected chi connectivity index (χ1v) is 8.33. The quantitative estimate of drug-likeness (QED) is 0.698. The van der Waals surface area contributed by atoms with Crippen LogP contribution in [0.4, 0.5) is 0 Å². The van der Waals surface area contributed by atoms with Crippen molar-refractivity contribution in [1.82, 2.24) is 0 Å². The molecule has 0 aliphatic heterocycles. The molecule has 2 aromatic carbocycles. The molecule has 0 aromatic heterocycles. The van der Waals surface area contributed by atoms with Gasteiger partial charge in [0, 0.05) is 9.52 Å². The molecule has 17 heavy (non-hydrogen) atoms. The van der Waals surface area contributed by atoms with Crippen LogP contribution in [0.25, 0.3) is 0 Å². The van der Waals surface area contributed by atoms with E-state index in [9.17, 15) is 0 Å². The van der Waals surface area contributed by atoms with Crippen molar-refractivity contribution in [3.05, 3.63) is 71.8 Å². The monoisotopic (exact) mass is 240 g/mol. The minimum Gasteiger partial charge on any atom is -0.0657 e. The molecule has 0 aliphatic rings. The van der Waals surface area contributed by atoms with Gasteiger partial charge in [0.2, 0.25) is 0 Å². The molecule has 0 heterocycles. The first-order valence-electron chi connectivity index (χ1n) is 6.51. The van der Waals surface area contributed by atoms with Gasteiger partial charge in [-0.25, -0.2) is 0 Å². The van der Waals surface area contributed by atoms with E-state index >= 15 is 0 Å². The van der Waals surface area contributed by atoms with Crippen molar-refractivity contribution in [2.75, 3.05) is 0 Å². The van der Waals surface area contributed by atoms with Crippen LogP contribution in [0.2, 0.25) is 6.04 Å². The van der Waals surface area contributed by atoms with Crippen molar-refractivity contribution in [1.29, 1.82) is 0 Å². The highest BCUT2D eigenvalue weighted by Gasteiger charge is 2.12. The molecule has 0 aliphatic carbocycles. The molecule has 0 bridgehead atoms. The van der Waals surface area contributed by atoms with Gasteiger partial charge in [-0.15, -0.1) is 0 Å². The van der Waals surface area contributed by atoms with Crippen molar-refractivity contribution < 1.29 is 0 Å². The molecular formula is C16H20Si. The van der Waals surface area contributed by atoms with Gasteiger partial charge in [0.15, 0.2) is 0 Å². The van der Waals surface area contributed by atoms with Crippen LogP contribution < -0.4 is 0 Å². The molecule has 0 amide bonds. The lowest BCUT2D eigenvalue weighted by Crippen LogP contribution is -2.09. The van der Waals surface area contributed by atoms with Gasteiger partial charge >= 0.3 is 0 Å². The molecule has 88 valence electrons.